The number of hydrogen-bond acceptors (Lipinski definition) is 5. The number of rotatable bonds is 11. The summed E-state index contributed by atoms with van der Waals surface area (Å²) in [5, 5.41) is 22.8. The molecule has 0 bridgehead atoms. The van der Waals surface area contributed by atoms with Crippen molar-refractivity contribution < 1.29 is 24.2 Å². The molecule has 0 radical (unpaired) electrons. The van der Waals surface area contributed by atoms with Crippen LogP contribution in [0.3, 0.4) is 0 Å². The quantitative estimate of drug-likeness (QED) is 0.499. The van der Waals surface area contributed by atoms with E-state index in [1.165, 1.54) is 0 Å². The molecule has 0 heterocycles. The summed E-state index contributed by atoms with van der Waals surface area (Å²) in [6.07, 6.45) is 0.867. The lowest BCUT2D eigenvalue weighted by Crippen LogP contribution is -2.53. The molecule has 2 atom stereocenters. The van der Waals surface area contributed by atoms with Crippen LogP contribution in [0, 0.1) is 17.2 Å². The molecule has 0 aliphatic heterocycles. The highest BCUT2D eigenvalue weighted by molar-refractivity contribution is 5.89. The number of hydrogen-bond donors (Lipinski definition) is 3. The van der Waals surface area contributed by atoms with Crippen LogP contribution in [0.4, 0.5) is 4.79 Å². The molecule has 0 unspecified atom stereocenters. The number of amides is 2. The molecule has 1 rings (SSSR count). The zero-order chi connectivity index (χ0) is 20.9. The van der Waals surface area contributed by atoms with Crippen molar-refractivity contribution in [2.24, 2.45) is 5.92 Å². The Hall–Kier alpha value is -3.08. The minimum atomic E-state index is -1.15. The number of aliphatic carboxylic acids is 1. The normalized spacial score (nSPS) is 12.5. The largest absolute Gasteiger partial charge is 0.480 e. The average Bonchev–Trinajstić information content (AvgIpc) is 2.67. The molecule has 0 saturated heterocycles. The first kappa shape index (κ1) is 23.0. The van der Waals surface area contributed by atoms with Crippen LogP contribution in [-0.4, -0.2) is 35.2 Å². The monoisotopic (exact) mass is 389 g/mol. The summed E-state index contributed by atoms with van der Waals surface area (Å²) < 4.78 is 5.13. The molecule has 0 aromatic heterocycles. The summed E-state index contributed by atoms with van der Waals surface area (Å²) in [4.78, 5) is 35.9. The molecule has 0 fully saturated rings. The fourth-order valence-electron chi connectivity index (χ4n) is 2.50. The number of alkyl carbamates (subject to hydrolysis) is 1. The summed E-state index contributed by atoms with van der Waals surface area (Å²) in [5.74, 6) is -2.00. The molecule has 28 heavy (non-hydrogen) atoms. The topological polar surface area (TPSA) is 129 Å². The van der Waals surface area contributed by atoms with Gasteiger partial charge in [-0.05, 0) is 30.7 Å². The van der Waals surface area contributed by atoms with Gasteiger partial charge in [-0.2, -0.15) is 5.26 Å². The SMILES string of the molecule is CC(C)[C@@H](NC(=O)OCc1ccccc1)C(=O)N[C@H](CCCCC#N)C(=O)O. The fraction of sp³-hybridized carbons (Fsp3) is 0.500. The van der Waals surface area contributed by atoms with Gasteiger partial charge in [0.25, 0.3) is 0 Å². The Balaban J connectivity index is 2.59. The predicted octanol–water partition coefficient (Wildman–Crippen LogP) is 2.59. The van der Waals surface area contributed by atoms with Gasteiger partial charge in [0.15, 0.2) is 0 Å². The highest BCUT2D eigenvalue weighted by atomic mass is 16.5. The first-order valence-electron chi connectivity index (χ1n) is 9.22. The molecule has 3 N–H and O–H groups in total. The smallest absolute Gasteiger partial charge is 0.408 e. The third kappa shape index (κ3) is 8.54. The van der Waals surface area contributed by atoms with Crippen LogP contribution in [-0.2, 0) is 20.9 Å². The summed E-state index contributed by atoms with van der Waals surface area (Å²) in [6, 6.07) is 9.11. The van der Waals surface area contributed by atoms with E-state index in [-0.39, 0.29) is 18.9 Å². The van der Waals surface area contributed by atoms with Crippen LogP contribution in [0.15, 0.2) is 30.3 Å². The average molecular weight is 389 g/mol. The van der Waals surface area contributed by atoms with Crippen molar-refractivity contribution in [1.82, 2.24) is 10.6 Å². The van der Waals surface area contributed by atoms with Gasteiger partial charge in [0, 0.05) is 6.42 Å². The van der Waals surface area contributed by atoms with E-state index in [1.54, 1.807) is 13.8 Å². The first-order valence-corrected chi connectivity index (χ1v) is 9.22. The maximum Gasteiger partial charge on any atom is 0.408 e. The standard InChI is InChI=1S/C20H27N3O5/c1-14(2)17(23-20(27)28-13-15-9-5-3-6-10-15)18(24)22-16(19(25)26)11-7-4-8-12-21/h3,5-6,9-10,14,16-17H,4,7-8,11,13H2,1-2H3,(H,22,24)(H,23,27)(H,25,26)/t16-,17-/m1/s1. The van der Waals surface area contributed by atoms with E-state index < -0.39 is 30.1 Å². The summed E-state index contributed by atoms with van der Waals surface area (Å²) >= 11 is 0. The Kier molecular flexibility index (Phi) is 10.1. The molecule has 1 aromatic rings. The van der Waals surface area contributed by atoms with Gasteiger partial charge in [0.05, 0.1) is 6.07 Å². The van der Waals surface area contributed by atoms with Crippen LogP contribution in [0.25, 0.3) is 0 Å². The van der Waals surface area contributed by atoms with E-state index in [0.29, 0.717) is 19.3 Å². The van der Waals surface area contributed by atoms with E-state index in [1.807, 2.05) is 36.4 Å². The second-order valence-corrected chi connectivity index (χ2v) is 6.73. The molecule has 8 heteroatoms. The van der Waals surface area contributed by atoms with Gasteiger partial charge in [0.2, 0.25) is 5.91 Å². The minimum absolute atomic E-state index is 0.0652. The number of carboxylic acids is 1. The molecule has 0 spiro atoms. The Morgan fingerprint density at radius 2 is 1.82 bits per heavy atom. The van der Waals surface area contributed by atoms with Crippen LogP contribution in [0.5, 0.6) is 0 Å². The number of unbranched alkanes of at least 4 members (excludes halogenated alkanes) is 2. The van der Waals surface area contributed by atoms with Crippen LogP contribution in [0.1, 0.15) is 45.1 Å². The molecule has 8 nitrogen and oxygen atoms in total. The third-order valence-corrected chi connectivity index (χ3v) is 4.08. The van der Waals surface area contributed by atoms with Crippen LogP contribution in [0.2, 0.25) is 0 Å². The number of carbonyl (C=O) groups is 3. The first-order chi connectivity index (χ1) is 13.3. The maximum absolute atomic E-state index is 12.5. The van der Waals surface area contributed by atoms with E-state index in [9.17, 15) is 19.5 Å². The van der Waals surface area contributed by atoms with Crippen molar-refractivity contribution in [2.45, 2.75) is 58.2 Å². The number of carboxylic acid groups (broad SMARTS) is 1. The fourth-order valence-corrected chi connectivity index (χ4v) is 2.50. The Labute approximate surface area is 164 Å². The third-order valence-electron chi connectivity index (χ3n) is 4.08. The lowest BCUT2D eigenvalue weighted by atomic mass is 10.0. The van der Waals surface area contributed by atoms with Gasteiger partial charge >= 0.3 is 12.1 Å². The lowest BCUT2D eigenvalue weighted by Gasteiger charge is -2.23. The molecule has 152 valence electrons. The second-order valence-electron chi connectivity index (χ2n) is 6.73. The van der Waals surface area contributed by atoms with Crippen molar-refractivity contribution >= 4 is 18.0 Å². The van der Waals surface area contributed by atoms with Gasteiger partial charge in [-0.25, -0.2) is 9.59 Å². The van der Waals surface area contributed by atoms with Gasteiger partial charge in [-0.15, -0.1) is 0 Å². The number of nitrogens with zero attached hydrogens (tertiary/aromatic N) is 1. The van der Waals surface area contributed by atoms with E-state index in [0.717, 1.165) is 5.56 Å². The predicted molar refractivity (Wildman–Crippen MR) is 102 cm³/mol. The van der Waals surface area contributed by atoms with E-state index in [4.69, 9.17) is 10.00 Å². The van der Waals surface area contributed by atoms with Crippen molar-refractivity contribution in [1.29, 1.82) is 5.26 Å². The molecular formula is C20H27N3O5. The van der Waals surface area contributed by atoms with Crippen LogP contribution >= 0.6 is 0 Å². The maximum atomic E-state index is 12.5. The summed E-state index contributed by atoms with van der Waals surface area (Å²) in [7, 11) is 0. The van der Waals surface area contributed by atoms with Gasteiger partial charge < -0.3 is 20.5 Å². The van der Waals surface area contributed by atoms with Crippen LogP contribution < -0.4 is 10.6 Å². The van der Waals surface area contributed by atoms with Gasteiger partial charge in [-0.3, -0.25) is 4.79 Å². The molecule has 0 aliphatic carbocycles. The van der Waals surface area contributed by atoms with Crippen molar-refractivity contribution in [3.8, 4) is 6.07 Å². The molecular weight excluding hydrogens is 362 g/mol. The van der Waals surface area contributed by atoms with Crippen molar-refractivity contribution in [2.75, 3.05) is 0 Å². The highest BCUT2D eigenvalue weighted by Gasteiger charge is 2.28. The number of nitrogens with one attached hydrogen (secondary N) is 2. The second kappa shape index (κ2) is 12.3. The highest BCUT2D eigenvalue weighted by Crippen LogP contribution is 2.08. The molecule has 2 amide bonds. The number of carbonyl (C=O) groups excluding carboxylic acids is 2. The molecule has 0 aliphatic rings. The number of nitriles is 1. The van der Waals surface area contributed by atoms with Crippen molar-refractivity contribution in [3.63, 3.8) is 0 Å². The number of ether oxygens (including phenoxy) is 1. The summed E-state index contributed by atoms with van der Waals surface area (Å²) in [5.41, 5.74) is 0.812. The zero-order valence-electron chi connectivity index (χ0n) is 16.2. The molecule has 1 aromatic carbocycles. The van der Waals surface area contributed by atoms with Gasteiger partial charge in [-0.1, -0.05) is 44.2 Å². The number of benzene rings is 1. The Bertz CT molecular complexity index is 685. The van der Waals surface area contributed by atoms with E-state index in [2.05, 4.69) is 10.6 Å². The minimum Gasteiger partial charge on any atom is -0.480 e. The lowest BCUT2D eigenvalue weighted by molar-refractivity contribution is -0.142. The molecule has 0 saturated carbocycles. The van der Waals surface area contributed by atoms with Crippen molar-refractivity contribution in [3.05, 3.63) is 35.9 Å². The zero-order valence-corrected chi connectivity index (χ0v) is 16.2. The van der Waals surface area contributed by atoms with E-state index >= 15 is 0 Å². The van der Waals surface area contributed by atoms with Gasteiger partial charge in [0.1, 0.15) is 18.7 Å². The Morgan fingerprint density at radius 1 is 1.14 bits per heavy atom. The summed E-state index contributed by atoms with van der Waals surface area (Å²) in [6.45, 7) is 3.55. The Morgan fingerprint density at radius 3 is 2.39 bits per heavy atom.